The van der Waals surface area contributed by atoms with E-state index >= 15 is 0 Å². The fraction of sp³-hybridized carbons (Fsp3) is 0.897. The van der Waals surface area contributed by atoms with Crippen molar-refractivity contribution in [2.75, 3.05) is 26.4 Å². The number of amides is 1. The minimum absolute atomic E-state index is 0.0850. The Morgan fingerprint density at radius 1 is 0.612 bits per heavy atom. The standard InChI is InChI=1S/C39H76NO8P/c1-3-5-7-9-11-13-15-17-18-20-22-24-26-28-30-32-39(43)46-35-37(41)36-48-49(44,45)47-34-33-40-38(42)31-29-27-25-23-21-19-16-14-12-10-8-6-4-2/h17-18,37,41H,3-16,19-36H2,1-2H3,(H,40,42)(H,44,45)/b18-17-/t37-/m1/s1. The van der Waals surface area contributed by atoms with Crippen LogP contribution < -0.4 is 5.32 Å². The summed E-state index contributed by atoms with van der Waals surface area (Å²) in [6.45, 7) is 3.55. The van der Waals surface area contributed by atoms with Crippen molar-refractivity contribution in [3.63, 3.8) is 0 Å². The molecule has 0 heterocycles. The molecular weight excluding hydrogens is 641 g/mol. The third-order valence-electron chi connectivity index (χ3n) is 8.70. The molecule has 1 unspecified atom stereocenters. The van der Waals surface area contributed by atoms with Crippen molar-refractivity contribution in [1.29, 1.82) is 0 Å². The van der Waals surface area contributed by atoms with Crippen molar-refractivity contribution >= 4 is 19.7 Å². The number of phosphoric acid groups is 1. The maximum atomic E-state index is 12.1. The van der Waals surface area contributed by atoms with Gasteiger partial charge in [-0.15, -0.1) is 0 Å². The number of phosphoric ester groups is 1. The van der Waals surface area contributed by atoms with Crippen LogP contribution in [-0.2, 0) is 27.9 Å². The van der Waals surface area contributed by atoms with Crippen molar-refractivity contribution in [3.05, 3.63) is 12.2 Å². The number of aliphatic hydroxyl groups excluding tert-OH is 1. The molecule has 0 aromatic rings. The van der Waals surface area contributed by atoms with Crippen molar-refractivity contribution in [3.8, 4) is 0 Å². The number of carbonyl (C=O) groups is 2. The highest BCUT2D eigenvalue weighted by Gasteiger charge is 2.23. The molecule has 3 N–H and O–H groups in total. The molecule has 10 heteroatoms. The Morgan fingerprint density at radius 2 is 1.04 bits per heavy atom. The number of rotatable bonds is 38. The summed E-state index contributed by atoms with van der Waals surface area (Å²) < 4.78 is 26.8. The van der Waals surface area contributed by atoms with E-state index in [1.54, 1.807) is 0 Å². The molecule has 0 aliphatic carbocycles. The lowest BCUT2D eigenvalue weighted by molar-refractivity contribution is -0.147. The number of hydrogen-bond donors (Lipinski definition) is 3. The van der Waals surface area contributed by atoms with Gasteiger partial charge in [-0.3, -0.25) is 18.6 Å². The first-order chi connectivity index (χ1) is 23.8. The summed E-state index contributed by atoms with van der Waals surface area (Å²) in [7, 11) is -4.41. The molecular formula is C39H76NO8P. The first kappa shape index (κ1) is 47.8. The van der Waals surface area contributed by atoms with Crippen LogP contribution in [0.3, 0.4) is 0 Å². The molecule has 0 bridgehead atoms. The van der Waals surface area contributed by atoms with Crippen LogP contribution in [0, 0.1) is 0 Å². The molecule has 0 aliphatic rings. The summed E-state index contributed by atoms with van der Waals surface area (Å²) in [6.07, 6.45) is 35.6. The second-order valence-electron chi connectivity index (χ2n) is 13.6. The third-order valence-corrected chi connectivity index (χ3v) is 9.68. The Balaban J connectivity index is 3.61. The molecule has 0 aliphatic heterocycles. The number of aliphatic hydroxyl groups is 1. The van der Waals surface area contributed by atoms with Crippen LogP contribution in [0.25, 0.3) is 0 Å². The van der Waals surface area contributed by atoms with Crippen LogP contribution in [0.15, 0.2) is 12.2 Å². The van der Waals surface area contributed by atoms with Crippen molar-refractivity contribution in [1.82, 2.24) is 5.32 Å². The van der Waals surface area contributed by atoms with E-state index in [2.05, 4.69) is 31.3 Å². The molecule has 0 radical (unpaired) electrons. The Labute approximate surface area is 300 Å². The van der Waals surface area contributed by atoms with Crippen LogP contribution in [0.5, 0.6) is 0 Å². The van der Waals surface area contributed by atoms with Gasteiger partial charge < -0.3 is 20.1 Å². The molecule has 0 spiro atoms. The Kier molecular flexibility index (Phi) is 35.6. The number of ether oxygens (including phenoxy) is 1. The number of carbonyl (C=O) groups excluding carboxylic acids is 2. The van der Waals surface area contributed by atoms with E-state index in [4.69, 9.17) is 13.8 Å². The van der Waals surface area contributed by atoms with E-state index in [0.29, 0.717) is 6.42 Å². The predicted octanol–water partition coefficient (Wildman–Crippen LogP) is 10.7. The van der Waals surface area contributed by atoms with Gasteiger partial charge in [0.05, 0.1) is 13.2 Å². The maximum absolute atomic E-state index is 12.1. The van der Waals surface area contributed by atoms with Gasteiger partial charge in [0, 0.05) is 19.4 Å². The Bertz CT molecular complexity index is 825. The molecule has 9 nitrogen and oxygen atoms in total. The highest BCUT2D eigenvalue weighted by molar-refractivity contribution is 7.47. The summed E-state index contributed by atoms with van der Waals surface area (Å²) in [5.74, 6) is -0.519. The average Bonchev–Trinajstić information content (AvgIpc) is 3.08. The van der Waals surface area contributed by atoms with Crippen molar-refractivity contribution in [2.45, 2.75) is 200 Å². The van der Waals surface area contributed by atoms with Gasteiger partial charge in [-0.1, -0.05) is 154 Å². The second kappa shape index (κ2) is 36.5. The number of esters is 1. The van der Waals surface area contributed by atoms with Gasteiger partial charge in [-0.05, 0) is 38.5 Å². The van der Waals surface area contributed by atoms with E-state index in [-0.39, 0.29) is 32.1 Å². The zero-order valence-electron chi connectivity index (χ0n) is 31.7. The van der Waals surface area contributed by atoms with Gasteiger partial charge >= 0.3 is 13.8 Å². The lowest BCUT2D eigenvalue weighted by Gasteiger charge is -2.15. The smallest absolute Gasteiger partial charge is 0.463 e. The normalized spacial score (nSPS) is 13.5. The van der Waals surface area contributed by atoms with Crippen LogP contribution >= 0.6 is 7.82 Å². The van der Waals surface area contributed by atoms with Crippen molar-refractivity contribution in [2.24, 2.45) is 0 Å². The maximum Gasteiger partial charge on any atom is 0.472 e. The summed E-state index contributed by atoms with van der Waals surface area (Å²) in [5, 5.41) is 12.7. The van der Waals surface area contributed by atoms with E-state index < -0.39 is 26.5 Å². The second-order valence-corrected chi connectivity index (χ2v) is 15.1. The molecule has 0 rings (SSSR count). The first-order valence-electron chi connectivity index (χ1n) is 20.2. The van der Waals surface area contributed by atoms with Crippen LogP contribution in [0.4, 0.5) is 0 Å². The quantitative estimate of drug-likeness (QED) is 0.0249. The average molecular weight is 718 g/mol. The molecule has 0 fully saturated rings. The molecule has 0 aromatic carbocycles. The lowest BCUT2D eigenvalue weighted by atomic mass is 10.0. The van der Waals surface area contributed by atoms with Gasteiger partial charge in [0.1, 0.15) is 12.7 Å². The summed E-state index contributed by atoms with van der Waals surface area (Å²) in [4.78, 5) is 33.8. The third kappa shape index (κ3) is 37.8. The summed E-state index contributed by atoms with van der Waals surface area (Å²) >= 11 is 0. The van der Waals surface area contributed by atoms with Gasteiger partial charge in [0.25, 0.3) is 0 Å². The van der Waals surface area contributed by atoms with E-state index in [0.717, 1.165) is 57.8 Å². The van der Waals surface area contributed by atoms with Crippen molar-refractivity contribution < 1.29 is 37.9 Å². The number of allylic oxidation sites excluding steroid dienone is 2. The van der Waals surface area contributed by atoms with Crippen LogP contribution in [0.2, 0.25) is 0 Å². The first-order valence-corrected chi connectivity index (χ1v) is 21.7. The summed E-state index contributed by atoms with van der Waals surface area (Å²) in [6, 6.07) is 0. The fourth-order valence-corrected chi connectivity index (χ4v) is 6.37. The van der Waals surface area contributed by atoms with Crippen LogP contribution in [-0.4, -0.2) is 54.3 Å². The largest absolute Gasteiger partial charge is 0.472 e. The van der Waals surface area contributed by atoms with E-state index in [1.165, 1.54) is 109 Å². The van der Waals surface area contributed by atoms with E-state index in [1.807, 2.05) is 0 Å². The van der Waals surface area contributed by atoms with E-state index in [9.17, 15) is 24.2 Å². The highest BCUT2D eigenvalue weighted by Crippen LogP contribution is 2.42. The minimum Gasteiger partial charge on any atom is -0.463 e. The van der Waals surface area contributed by atoms with Crippen LogP contribution in [0.1, 0.15) is 194 Å². The molecule has 0 saturated heterocycles. The molecule has 49 heavy (non-hydrogen) atoms. The zero-order chi connectivity index (χ0) is 36.1. The topological polar surface area (TPSA) is 131 Å². The Hall–Kier alpha value is -1.25. The Morgan fingerprint density at radius 3 is 1.53 bits per heavy atom. The van der Waals surface area contributed by atoms with Gasteiger partial charge in [0.15, 0.2) is 0 Å². The number of hydrogen-bond acceptors (Lipinski definition) is 7. The molecule has 0 saturated carbocycles. The predicted molar refractivity (Wildman–Crippen MR) is 201 cm³/mol. The van der Waals surface area contributed by atoms with Gasteiger partial charge in [-0.25, -0.2) is 4.57 Å². The lowest BCUT2D eigenvalue weighted by Crippen LogP contribution is -2.27. The molecule has 1 amide bonds. The van der Waals surface area contributed by atoms with Gasteiger partial charge in [0.2, 0.25) is 5.91 Å². The highest BCUT2D eigenvalue weighted by atomic mass is 31.2. The summed E-state index contributed by atoms with van der Waals surface area (Å²) in [5.41, 5.74) is 0. The molecule has 0 aromatic heterocycles. The SMILES string of the molecule is CCCCCCCC/C=C\CCCCCCCC(=O)OC[C@@H](O)COP(=O)(O)OCCNC(=O)CCCCCCCCCCCCCCC. The molecule has 2 atom stereocenters. The minimum atomic E-state index is -4.41. The number of nitrogens with one attached hydrogen (secondary N) is 1. The molecule has 290 valence electrons. The monoisotopic (exact) mass is 718 g/mol. The number of unbranched alkanes of at least 4 members (excludes halogenated alkanes) is 23. The fourth-order valence-electron chi connectivity index (χ4n) is 5.61. The van der Waals surface area contributed by atoms with Gasteiger partial charge in [-0.2, -0.15) is 0 Å². The zero-order valence-corrected chi connectivity index (χ0v) is 32.5.